The number of methoxy groups -OCH3 is 1. The number of rotatable bonds is 3. The van der Waals surface area contributed by atoms with E-state index in [9.17, 15) is 14.0 Å². The van der Waals surface area contributed by atoms with E-state index < -0.39 is 23.3 Å². The number of primary amides is 1. The van der Waals surface area contributed by atoms with Crippen LogP contribution in [0.25, 0.3) is 5.69 Å². The number of benzene rings is 1. The van der Waals surface area contributed by atoms with E-state index in [-0.39, 0.29) is 22.6 Å². The fraction of sp³-hybridized carbons (Fsp3) is 0.0714. The first-order chi connectivity index (χ1) is 10.4. The molecule has 1 aromatic carbocycles. The van der Waals surface area contributed by atoms with Crippen molar-refractivity contribution in [1.29, 1.82) is 5.26 Å². The first-order valence-corrected chi connectivity index (χ1v) is 6.00. The Balaban J connectivity index is 2.85. The van der Waals surface area contributed by atoms with Gasteiger partial charge in [0.25, 0.3) is 5.91 Å². The number of hydrogen-bond donors (Lipinski definition) is 2. The first-order valence-electron chi connectivity index (χ1n) is 6.00. The number of hydrogen-bond acceptors (Lipinski definition) is 5. The molecule has 0 unspecified atom stereocenters. The van der Waals surface area contributed by atoms with E-state index >= 15 is 0 Å². The van der Waals surface area contributed by atoms with Gasteiger partial charge in [0.2, 0.25) is 0 Å². The molecule has 0 aliphatic heterocycles. The Morgan fingerprint density at radius 3 is 2.64 bits per heavy atom. The monoisotopic (exact) mass is 302 g/mol. The highest BCUT2D eigenvalue weighted by atomic mass is 19.1. The van der Waals surface area contributed by atoms with E-state index in [0.29, 0.717) is 0 Å². The van der Waals surface area contributed by atoms with Gasteiger partial charge in [0.15, 0.2) is 5.69 Å². The van der Waals surface area contributed by atoms with Gasteiger partial charge in [0, 0.05) is 6.20 Å². The third kappa shape index (κ3) is 2.25. The number of carbonyl (C=O) groups is 2. The molecule has 22 heavy (non-hydrogen) atoms. The summed E-state index contributed by atoms with van der Waals surface area (Å²) in [5, 5.41) is 9.03. The van der Waals surface area contributed by atoms with Crippen LogP contribution in [0.5, 0.6) is 0 Å². The van der Waals surface area contributed by atoms with Crippen LogP contribution in [0.1, 0.15) is 26.4 Å². The summed E-state index contributed by atoms with van der Waals surface area (Å²) in [6.07, 6.45) is 1.21. The number of nitrogen functional groups attached to an aromatic ring is 1. The second-order valence-corrected chi connectivity index (χ2v) is 4.28. The zero-order valence-electron chi connectivity index (χ0n) is 11.5. The van der Waals surface area contributed by atoms with Crippen LogP contribution in [0.15, 0.2) is 24.4 Å². The Bertz CT molecular complexity index is 820. The molecule has 0 fully saturated rings. The molecule has 2 aromatic rings. The quantitative estimate of drug-likeness (QED) is 0.817. The van der Waals surface area contributed by atoms with Crippen LogP contribution in [0.3, 0.4) is 0 Å². The number of amides is 1. The number of halogens is 1. The number of nitrogens with two attached hydrogens (primary N) is 2. The summed E-state index contributed by atoms with van der Waals surface area (Å²) < 4.78 is 19.6. The molecular weight excluding hydrogens is 291 g/mol. The van der Waals surface area contributed by atoms with E-state index in [1.165, 1.54) is 18.3 Å². The maximum absolute atomic E-state index is 13.9. The molecule has 0 saturated carbocycles. The normalized spacial score (nSPS) is 10.0. The predicted molar refractivity (Wildman–Crippen MR) is 74.7 cm³/mol. The van der Waals surface area contributed by atoms with Gasteiger partial charge < -0.3 is 20.8 Å². The molecule has 0 aliphatic rings. The molecule has 4 N–H and O–H groups in total. The van der Waals surface area contributed by atoms with Crippen molar-refractivity contribution in [3.8, 4) is 11.8 Å². The van der Waals surface area contributed by atoms with Crippen molar-refractivity contribution in [2.24, 2.45) is 5.73 Å². The zero-order valence-corrected chi connectivity index (χ0v) is 11.5. The van der Waals surface area contributed by atoms with E-state index in [0.717, 1.165) is 17.7 Å². The van der Waals surface area contributed by atoms with Crippen LogP contribution < -0.4 is 11.5 Å². The zero-order chi connectivity index (χ0) is 16.4. The minimum atomic E-state index is -1.02. The summed E-state index contributed by atoms with van der Waals surface area (Å²) in [6.45, 7) is 0. The Morgan fingerprint density at radius 1 is 1.41 bits per heavy atom. The number of aromatic nitrogens is 1. The smallest absolute Gasteiger partial charge is 0.357 e. The lowest BCUT2D eigenvalue weighted by atomic mass is 10.1. The van der Waals surface area contributed by atoms with E-state index in [1.54, 1.807) is 6.07 Å². The predicted octanol–water partition coefficient (Wildman–Crippen LogP) is 0.956. The molecule has 0 spiro atoms. The number of nitrogens with zero attached hydrogens (tertiary/aromatic N) is 2. The largest absolute Gasteiger partial charge is 0.464 e. The highest BCUT2D eigenvalue weighted by molar-refractivity contribution is 5.99. The number of ether oxygens (including phenoxy) is 1. The summed E-state index contributed by atoms with van der Waals surface area (Å²) in [5.74, 6) is -2.71. The summed E-state index contributed by atoms with van der Waals surface area (Å²) in [5.41, 5.74) is 10.2. The summed E-state index contributed by atoms with van der Waals surface area (Å²) in [7, 11) is 1.13. The van der Waals surface area contributed by atoms with Crippen LogP contribution in [-0.4, -0.2) is 23.6 Å². The number of esters is 1. The second-order valence-electron chi connectivity index (χ2n) is 4.28. The fourth-order valence-electron chi connectivity index (χ4n) is 2.06. The van der Waals surface area contributed by atoms with Gasteiger partial charge in [0.1, 0.15) is 11.9 Å². The van der Waals surface area contributed by atoms with Gasteiger partial charge in [-0.05, 0) is 12.1 Å². The molecule has 1 aromatic heterocycles. The number of nitriles is 1. The maximum Gasteiger partial charge on any atom is 0.357 e. The van der Waals surface area contributed by atoms with Crippen molar-refractivity contribution < 1.29 is 18.7 Å². The molecule has 2 rings (SSSR count). The summed E-state index contributed by atoms with van der Waals surface area (Å²) in [6, 6.07) is 5.56. The summed E-state index contributed by atoms with van der Waals surface area (Å²) in [4.78, 5) is 23.4. The molecule has 0 atom stereocenters. The van der Waals surface area contributed by atoms with Crippen molar-refractivity contribution in [3.05, 3.63) is 47.0 Å². The second kappa shape index (κ2) is 5.57. The molecule has 8 heteroatoms. The van der Waals surface area contributed by atoms with Crippen molar-refractivity contribution in [2.75, 3.05) is 12.8 Å². The van der Waals surface area contributed by atoms with Crippen molar-refractivity contribution in [2.45, 2.75) is 0 Å². The van der Waals surface area contributed by atoms with E-state index in [2.05, 4.69) is 4.74 Å². The molecule has 7 nitrogen and oxygen atoms in total. The van der Waals surface area contributed by atoms with Crippen LogP contribution >= 0.6 is 0 Å². The fourth-order valence-corrected chi connectivity index (χ4v) is 2.06. The lowest BCUT2D eigenvalue weighted by Crippen LogP contribution is -2.19. The highest BCUT2D eigenvalue weighted by Crippen LogP contribution is 2.27. The van der Waals surface area contributed by atoms with Gasteiger partial charge in [-0.15, -0.1) is 0 Å². The van der Waals surface area contributed by atoms with Gasteiger partial charge in [-0.1, -0.05) is 6.07 Å². The molecular formula is C14H11FN4O3. The van der Waals surface area contributed by atoms with Crippen molar-refractivity contribution in [3.63, 3.8) is 0 Å². The Hall–Kier alpha value is -3.34. The van der Waals surface area contributed by atoms with Crippen LogP contribution in [0.2, 0.25) is 0 Å². The lowest BCUT2D eigenvalue weighted by Gasteiger charge is -2.12. The molecule has 1 amide bonds. The molecule has 0 aliphatic carbocycles. The molecule has 1 heterocycles. The third-order valence-electron chi connectivity index (χ3n) is 3.04. The molecule has 112 valence electrons. The summed E-state index contributed by atoms with van der Waals surface area (Å²) >= 11 is 0. The van der Waals surface area contributed by atoms with Gasteiger partial charge >= 0.3 is 5.97 Å². The van der Waals surface area contributed by atoms with Crippen LogP contribution in [0.4, 0.5) is 10.1 Å². The highest BCUT2D eigenvalue weighted by Gasteiger charge is 2.25. The third-order valence-corrected chi connectivity index (χ3v) is 3.04. The van der Waals surface area contributed by atoms with Crippen LogP contribution in [-0.2, 0) is 4.74 Å². The minimum absolute atomic E-state index is 0.0129. The van der Waals surface area contributed by atoms with E-state index in [1.807, 2.05) is 0 Å². The van der Waals surface area contributed by atoms with Gasteiger partial charge in [-0.2, -0.15) is 5.26 Å². The van der Waals surface area contributed by atoms with E-state index in [4.69, 9.17) is 16.7 Å². The number of carbonyl (C=O) groups excluding carboxylic acids is 2. The topological polar surface area (TPSA) is 124 Å². The van der Waals surface area contributed by atoms with Gasteiger partial charge in [-0.25, -0.2) is 9.18 Å². The Morgan fingerprint density at radius 2 is 2.09 bits per heavy atom. The van der Waals surface area contributed by atoms with Crippen molar-refractivity contribution >= 4 is 17.6 Å². The molecule has 0 radical (unpaired) electrons. The minimum Gasteiger partial charge on any atom is -0.464 e. The standard InChI is InChI=1S/C14H11FN4O3/c1-22-14(21)12-11(17)7(5-16)6-19(12)9-4-2-3-8(15)10(9)13(18)20/h2-4,6H,17H2,1H3,(H2,18,20). The first kappa shape index (κ1) is 15.1. The Kier molecular flexibility index (Phi) is 3.81. The average molecular weight is 302 g/mol. The van der Waals surface area contributed by atoms with Crippen LogP contribution in [0, 0.1) is 17.1 Å². The number of anilines is 1. The maximum atomic E-state index is 13.9. The SMILES string of the molecule is COC(=O)c1c(N)c(C#N)cn1-c1cccc(F)c1C(N)=O. The van der Waals surface area contributed by atoms with Gasteiger partial charge in [0.05, 0.1) is 29.6 Å². The Labute approximate surface area is 124 Å². The van der Waals surface area contributed by atoms with Gasteiger partial charge in [-0.3, -0.25) is 4.79 Å². The van der Waals surface area contributed by atoms with Crippen molar-refractivity contribution in [1.82, 2.24) is 4.57 Å². The molecule has 0 bridgehead atoms. The lowest BCUT2D eigenvalue weighted by molar-refractivity contribution is 0.0592. The molecule has 0 saturated heterocycles. The average Bonchev–Trinajstić information content (AvgIpc) is 2.82.